The molecule has 1 fully saturated rings. The average molecular weight is 378 g/mol. The number of amides is 1. The van der Waals surface area contributed by atoms with E-state index in [1.807, 2.05) is 0 Å². The highest BCUT2D eigenvalue weighted by atomic mass is 35.5. The zero-order valence-electron chi connectivity index (χ0n) is 12.2. The number of rotatable bonds is 5. The lowest BCUT2D eigenvalue weighted by atomic mass is 10.2. The van der Waals surface area contributed by atoms with Gasteiger partial charge in [-0.1, -0.05) is 12.1 Å². The van der Waals surface area contributed by atoms with Crippen LogP contribution in [-0.2, 0) is 0 Å². The molecule has 0 spiro atoms. The highest BCUT2D eigenvalue weighted by Gasteiger charge is 2.28. The molecule has 3 rings (SSSR count). The number of hydrogen-bond donors (Lipinski definition) is 2. The van der Waals surface area contributed by atoms with Crippen molar-refractivity contribution in [3.63, 3.8) is 0 Å². The predicted molar refractivity (Wildman–Crippen MR) is 95.0 cm³/mol. The third-order valence-corrected chi connectivity index (χ3v) is 4.44. The zero-order chi connectivity index (χ0) is 14.8. The molecule has 1 aliphatic carbocycles. The molecule has 4 nitrogen and oxygen atoms in total. The van der Waals surface area contributed by atoms with Gasteiger partial charge in [0.15, 0.2) is 0 Å². The van der Waals surface area contributed by atoms with Gasteiger partial charge >= 0.3 is 0 Å². The first-order valence-corrected chi connectivity index (χ1v) is 7.77. The van der Waals surface area contributed by atoms with Gasteiger partial charge in [-0.05, 0) is 30.9 Å². The summed E-state index contributed by atoms with van der Waals surface area (Å²) in [5.74, 6) is -0.0609. The Labute approximate surface area is 150 Å². The summed E-state index contributed by atoms with van der Waals surface area (Å²) in [6, 6.07) is 6.41. The molecule has 1 unspecified atom stereocenters. The lowest BCUT2D eigenvalue weighted by Crippen LogP contribution is -2.38. The second-order valence-electron chi connectivity index (χ2n) is 5.23. The van der Waals surface area contributed by atoms with Gasteiger partial charge in [-0.3, -0.25) is 4.79 Å². The Kier molecular flexibility index (Phi) is 7.41. The highest BCUT2D eigenvalue weighted by Crippen LogP contribution is 2.31. The van der Waals surface area contributed by atoms with Crippen molar-refractivity contribution < 1.29 is 9.18 Å². The Morgan fingerprint density at radius 3 is 2.74 bits per heavy atom. The molecule has 0 saturated heterocycles. The van der Waals surface area contributed by atoms with Crippen molar-refractivity contribution in [3.8, 4) is 10.6 Å². The van der Waals surface area contributed by atoms with Gasteiger partial charge in [-0.25, -0.2) is 9.37 Å². The van der Waals surface area contributed by atoms with Crippen molar-refractivity contribution >= 4 is 42.1 Å². The summed E-state index contributed by atoms with van der Waals surface area (Å²) >= 11 is 1.25. The van der Waals surface area contributed by atoms with E-state index in [4.69, 9.17) is 5.73 Å². The number of hydrogen-bond acceptors (Lipinski definition) is 4. The Morgan fingerprint density at radius 1 is 1.39 bits per heavy atom. The maximum atomic E-state index is 13.7. The van der Waals surface area contributed by atoms with Crippen molar-refractivity contribution in [3.05, 3.63) is 41.2 Å². The van der Waals surface area contributed by atoms with Gasteiger partial charge in [-0.15, -0.1) is 36.2 Å². The van der Waals surface area contributed by atoms with E-state index in [-0.39, 0.29) is 42.6 Å². The van der Waals surface area contributed by atoms with Crippen LogP contribution in [0, 0.1) is 11.7 Å². The van der Waals surface area contributed by atoms with E-state index < -0.39 is 0 Å². The molecule has 1 aromatic heterocycles. The normalized spacial score (nSPS) is 14.3. The summed E-state index contributed by atoms with van der Waals surface area (Å²) in [5.41, 5.74) is 6.66. The standard InChI is InChI=1S/C15H16FN3OS.2ClH/c16-11-4-2-1-3-10(11)15-19-13(8-21-15)14(20)18-7-12(17)9-5-6-9;;/h1-4,8-9,12H,5-7,17H2,(H,18,20);2*1H. The third-order valence-electron chi connectivity index (χ3n) is 3.57. The number of carbonyl (C=O) groups is 1. The van der Waals surface area contributed by atoms with Crippen molar-refractivity contribution in [2.45, 2.75) is 18.9 Å². The number of nitrogens with two attached hydrogens (primary N) is 1. The van der Waals surface area contributed by atoms with Crippen LogP contribution in [0.4, 0.5) is 4.39 Å². The van der Waals surface area contributed by atoms with Crippen LogP contribution in [0.25, 0.3) is 10.6 Å². The molecule has 1 aliphatic rings. The van der Waals surface area contributed by atoms with E-state index in [9.17, 15) is 9.18 Å². The molecule has 1 aromatic carbocycles. The van der Waals surface area contributed by atoms with Crippen LogP contribution in [0.5, 0.6) is 0 Å². The van der Waals surface area contributed by atoms with Crippen molar-refractivity contribution in [1.82, 2.24) is 10.3 Å². The smallest absolute Gasteiger partial charge is 0.270 e. The monoisotopic (exact) mass is 377 g/mol. The number of carbonyl (C=O) groups excluding carboxylic acids is 1. The van der Waals surface area contributed by atoms with E-state index in [2.05, 4.69) is 10.3 Å². The molecular formula is C15H18Cl2FN3OS. The molecule has 0 bridgehead atoms. The minimum atomic E-state index is -0.338. The van der Waals surface area contributed by atoms with E-state index in [0.717, 1.165) is 12.8 Å². The van der Waals surface area contributed by atoms with Crippen molar-refractivity contribution in [2.24, 2.45) is 11.7 Å². The van der Waals surface area contributed by atoms with Crippen LogP contribution in [0.2, 0.25) is 0 Å². The summed E-state index contributed by atoms with van der Waals surface area (Å²) < 4.78 is 13.7. The largest absolute Gasteiger partial charge is 0.349 e. The predicted octanol–water partition coefficient (Wildman–Crippen LogP) is 3.26. The van der Waals surface area contributed by atoms with Crippen LogP contribution >= 0.6 is 36.2 Å². The van der Waals surface area contributed by atoms with Gasteiger partial charge in [-0.2, -0.15) is 0 Å². The topological polar surface area (TPSA) is 68.0 Å². The highest BCUT2D eigenvalue weighted by molar-refractivity contribution is 7.13. The minimum absolute atomic E-state index is 0. The molecular weight excluding hydrogens is 360 g/mol. The van der Waals surface area contributed by atoms with Gasteiger partial charge in [0, 0.05) is 23.5 Å². The zero-order valence-corrected chi connectivity index (χ0v) is 14.6. The molecule has 2 aromatic rings. The fourth-order valence-corrected chi connectivity index (χ4v) is 2.96. The van der Waals surface area contributed by atoms with Crippen LogP contribution in [0.1, 0.15) is 23.3 Å². The number of nitrogens with zero attached hydrogens (tertiary/aromatic N) is 1. The first kappa shape index (κ1) is 19.8. The Hall–Kier alpha value is -1.21. The first-order chi connectivity index (χ1) is 10.1. The van der Waals surface area contributed by atoms with E-state index in [1.54, 1.807) is 23.6 Å². The first-order valence-electron chi connectivity index (χ1n) is 6.89. The maximum absolute atomic E-state index is 13.7. The number of nitrogens with one attached hydrogen (secondary N) is 1. The second kappa shape index (κ2) is 8.59. The molecule has 1 atom stereocenters. The molecule has 3 N–H and O–H groups in total. The lowest BCUT2D eigenvalue weighted by Gasteiger charge is -2.10. The second-order valence-corrected chi connectivity index (χ2v) is 6.09. The number of halogens is 3. The van der Waals surface area contributed by atoms with Gasteiger partial charge in [0.2, 0.25) is 0 Å². The van der Waals surface area contributed by atoms with Gasteiger partial charge in [0.05, 0.1) is 0 Å². The third kappa shape index (κ3) is 4.88. The molecule has 126 valence electrons. The van der Waals surface area contributed by atoms with Crippen LogP contribution in [0.15, 0.2) is 29.6 Å². The summed E-state index contributed by atoms with van der Waals surface area (Å²) in [7, 11) is 0. The van der Waals surface area contributed by atoms with Crippen molar-refractivity contribution in [1.29, 1.82) is 0 Å². The van der Waals surface area contributed by atoms with E-state index in [0.29, 0.717) is 28.7 Å². The lowest BCUT2D eigenvalue weighted by molar-refractivity contribution is 0.0946. The number of thiazole rings is 1. The molecule has 23 heavy (non-hydrogen) atoms. The summed E-state index contributed by atoms with van der Waals surface area (Å²) in [6.45, 7) is 0.454. The quantitative estimate of drug-likeness (QED) is 0.839. The summed E-state index contributed by atoms with van der Waals surface area (Å²) in [6.07, 6.45) is 2.29. The van der Waals surface area contributed by atoms with Gasteiger partial charge in [0.25, 0.3) is 5.91 Å². The molecule has 1 heterocycles. The minimum Gasteiger partial charge on any atom is -0.349 e. The average Bonchev–Trinajstić information content (AvgIpc) is 3.23. The molecule has 1 saturated carbocycles. The summed E-state index contributed by atoms with van der Waals surface area (Å²) in [4.78, 5) is 16.2. The number of aromatic nitrogens is 1. The maximum Gasteiger partial charge on any atom is 0.270 e. The molecule has 0 aliphatic heterocycles. The Bertz CT molecular complexity index is 664. The van der Waals surface area contributed by atoms with Crippen molar-refractivity contribution in [2.75, 3.05) is 6.54 Å². The van der Waals surface area contributed by atoms with E-state index in [1.165, 1.54) is 17.4 Å². The van der Waals surface area contributed by atoms with Crippen LogP contribution < -0.4 is 11.1 Å². The van der Waals surface area contributed by atoms with E-state index >= 15 is 0 Å². The summed E-state index contributed by atoms with van der Waals surface area (Å²) in [5, 5.41) is 4.93. The van der Waals surface area contributed by atoms with Gasteiger partial charge in [0.1, 0.15) is 16.5 Å². The molecule has 1 amide bonds. The van der Waals surface area contributed by atoms with Gasteiger partial charge < -0.3 is 11.1 Å². The fourth-order valence-electron chi connectivity index (χ4n) is 2.13. The van der Waals surface area contributed by atoms with Crippen LogP contribution in [0.3, 0.4) is 0 Å². The van der Waals surface area contributed by atoms with Crippen LogP contribution in [-0.4, -0.2) is 23.5 Å². The Morgan fingerprint density at radius 2 is 2.09 bits per heavy atom. The Balaban J connectivity index is 0.00000132. The number of benzene rings is 1. The molecule has 8 heteroatoms. The fraction of sp³-hybridized carbons (Fsp3) is 0.333. The SMILES string of the molecule is Cl.Cl.NC(CNC(=O)c1csc(-c2ccccc2F)n1)C1CC1. The molecule has 0 radical (unpaired) electrons.